The summed E-state index contributed by atoms with van der Waals surface area (Å²) in [6, 6.07) is 25.2. The van der Waals surface area contributed by atoms with Crippen molar-refractivity contribution in [2.75, 3.05) is 6.54 Å². The van der Waals surface area contributed by atoms with Crippen molar-refractivity contribution in [1.82, 2.24) is 0 Å². The lowest BCUT2D eigenvalue weighted by Crippen LogP contribution is -2.31. The number of rotatable bonds is 7. The van der Waals surface area contributed by atoms with Crippen molar-refractivity contribution in [3.63, 3.8) is 0 Å². The Hall–Kier alpha value is -3.72. The van der Waals surface area contributed by atoms with E-state index in [0.29, 0.717) is 22.5 Å². The van der Waals surface area contributed by atoms with Gasteiger partial charge in [0.1, 0.15) is 5.76 Å². The van der Waals surface area contributed by atoms with Gasteiger partial charge in [0.15, 0.2) is 5.43 Å². The Kier molecular flexibility index (Phi) is 6.27. The van der Waals surface area contributed by atoms with Crippen molar-refractivity contribution in [3.8, 4) is 11.1 Å². The summed E-state index contributed by atoms with van der Waals surface area (Å²) in [5.74, 6) is 0.211. The molecule has 0 bridgehead atoms. The lowest BCUT2D eigenvalue weighted by molar-refractivity contribution is 0.507. The molecule has 170 valence electrons. The maximum absolute atomic E-state index is 13.3. The van der Waals surface area contributed by atoms with E-state index in [9.17, 15) is 9.90 Å². The predicted molar refractivity (Wildman–Crippen MR) is 142 cm³/mol. The van der Waals surface area contributed by atoms with Gasteiger partial charge in [0.25, 0.3) is 0 Å². The summed E-state index contributed by atoms with van der Waals surface area (Å²) in [6.45, 7) is 2.91. The van der Waals surface area contributed by atoms with Gasteiger partial charge < -0.3 is 5.11 Å². The molecule has 5 rings (SSSR count). The highest BCUT2D eigenvalue weighted by Gasteiger charge is 2.19. The molecule has 2 aliphatic rings. The third-order valence-electron chi connectivity index (χ3n) is 6.67. The first-order chi connectivity index (χ1) is 16.7. The van der Waals surface area contributed by atoms with Gasteiger partial charge in [-0.25, -0.2) is 0 Å². The first kappa shape index (κ1) is 22.1. The van der Waals surface area contributed by atoms with Crippen molar-refractivity contribution >= 4 is 27.3 Å². The van der Waals surface area contributed by atoms with Crippen LogP contribution in [0.1, 0.15) is 44.6 Å². The minimum absolute atomic E-state index is 0.0447. The molecule has 0 aliphatic heterocycles. The Morgan fingerprint density at radius 1 is 0.765 bits per heavy atom. The van der Waals surface area contributed by atoms with E-state index in [2.05, 4.69) is 6.92 Å². The number of unbranched alkanes of at least 4 members (excludes halogenated alkanes) is 4. The van der Waals surface area contributed by atoms with Gasteiger partial charge in [-0.3, -0.25) is 9.79 Å². The van der Waals surface area contributed by atoms with Crippen molar-refractivity contribution in [3.05, 3.63) is 105 Å². The first-order valence-electron chi connectivity index (χ1n) is 12.2. The molecular formula is C31H29NO2. The summed E-state index contributed by atoms with van der Waals surface area (Å²) in [5.41, 5.74) is 2.70. The lowest BCUT2D eigenvalue weighted by Gasteiger charge is -2.16. The minimum Gasteiger partial charge on any atom is -0.507 e. The molecule has 0 aromatic heterocycles. The quantitative estimate of drug-likeness (QED) is 0.183. The summed E-state index contributed by atoms with van der Waals surface area (Å²) >= 11 is 0. The number of hydrogen-bond donors (Lipinski definition) is 1. The van der Waals surface area contributed by atoms with Crippen molar-refractivity contribution in [2.24, 2.45) is 4.99 Å². The topological polar surface area (TPSA) is 49.7 Å². The van der Waals surface area contributed by atoms with Crippen LogP contribution in [-0.4, -0.2) is 11.7 Å². The monoisotopic (exact) mass is 447 g/mol. The molecule has 0 fully saturated rings. The smallest absolute Gasteiger partial charge is 0.194 e. The number of nitrogens with zero attached hydrogens (tertiary/aromatic N) is 1. The fourth-order valence-electron chi connectivity index (χ4n) is 4.94. The molecule has 0 heterocycles. The standard InChI is InChI=1S/C31H29NO2/c1-2-3-4-5-11-19-32-29-24-17-12-18-25-28(24)26(22-15-9-10-16-23(22)31(25)34)20-27(29)30(33)21-13-7-6-8-14-21/h6-10,12-18,20,33H,2-5,11,19H2,1H3/b30-27-,32-29?. The van der Waals surface area contributed by atoms with E-state index >= 15 is 0 Å². The molecule has 0 saturated heterocycles. The first-order valence-corrected chi connectivity index (χ1v) is 12.2. The molecule has 0 atom stereocenters. The van der Waals surface area contributed by atoms with Crippen LogP contribution in [0.15, 0.2) is 88.6 Å². The number of benzene rings is 5. The zero-order chi connectivity index (χ0) is 23.5. The normalized spacial score (nSPS) is 13.3. The summed E-state index contributed by atoms with van der Waals surface area (Å²) < 4.78 is 0. The number of hydrogen-bond acceptors (Lipinski definition) is 3. The highest BCUT2D eigenvalue weighted by Crippen LogP contribution is 2.34. The lowest BCUT2D eigenvalue weighted by atomic mass is 9.87. The minimum atomic E-state index is 0.0447. The molecule has 0 saturated carbocycles. The van der Waals surface area contributed by atoms with E-state index in [1.165, 1.54) is 19.3 Å². The van der Waals surface area contributed by atoms with Crippen LogP contribution in [0.4, 0.5) is 0 Å². The Balaban J connectivity index is 1.85. The highest BCUT2D eigenvalue weighted by molar-refractivity contribution is 6.11. The van der Waals surface area contributed by atoms with Crippen LogP contribution in [0, 0.1) is 0 Å². The van der Waals surface area contributed by atoms with Gasteiger partial charge in [0, 0.05) is 39.0 Å². The summed E-state index contributed by atoms with van der Waals surface area (Å²) in [6.07, 6.45) is 5.84. The molecule has 3 aromatic rings. The predicted octanol–water partition coefficient (Wildman–Crippen LogP) is 6.20. The van der Waals surface area contributed by atoms with E-state index in [4.69, 9.17) is 4.99 Å². The van der Waals surface area contributed by atoms with E-state index < -0.39 is 0 Å². The van der Waals surface area contributed by atoms with Crippen molar-refractivity contribution in [2.45, 2.75) is 39.0 Å². The van der Waals surface area contributed by atoms with E-state index in [1.54, 1.807) is 0 Å². The average molecular weight is 448 g/mol. The zero-order valence-electron chi connectivity index (χ0n) is 19.6. The largest absolute Gasteiger partial charge is 0.507 e. The van der Waals surface area contributed by atoms with Gasteiger partial charge >= 0.3 is 0 Å². The Bertz CT molecular complexity index is 1590. The number of aliphatic hydroxyl groups is 1. The van der Waals surface area contributed by atoms with E-state index in [1.807, 2.05) is 78.9 Å². The molecule has 1 N–H and O–H groups in total. The Morgan fingerprint density at radius 3 is 2.24 bits per heavy atom. The number of fused-ring (bicyclic) bond motifs is 2. The van der Waals surface area contributed by atoms with Crippen LogP contribution in [0.25, 0.3) is 38.4 Å². The second-order valence-corrected chi connectivity index (χ2v) is 8.93. The molecular weight excluding hydrogens is 418 g/mol. The molecule has 3 aromatic carbocycles. The second-order valence-electron chi connectivity index (χ2n) is 8.93. The van der Waals surface area contributed by atoms with Crippen molar-refractivity contribution in [1.29, 1.82) is 0 Å². The fourth-order valence-corrected chi connectivity index (χ4v) is 4.94. The molecule has 0 amide bonds. The van der Waals surface area contributed by atoms with Gasteiger partial charge in [0.05, 0.1) is 5.36 Å². The fraction of sp³-hybridized carbons (Fsp3) is 0.226. The van der Waals surface area contributed by atoms with Crippen LogP contribution in [0.2, 0.25) is 0 Å². The summed E-state index contributed by atoms with van der Waals surface area (Å²) in [7, 11) is 0. The maximum atomic E-state index is 13.3. The SMILES string of the molecule is CCCCCCCN=c1/c(=C(\O)c2ccccc2)cc2c3ccccc3c(=O)c3cccc1c3-2. The molecule has 2 aliphatic carbocycles. The molecule has 0 spiro atoms. The zero-order valence-corrected chi connectivity index (χ0v) is 19.6. The molecule has 3 heteroatoms. The molecule has 0 radical (unpaired) electrons. The second kappa shape index (κ2) is 9.64. The van der Waals surface area contributed by atoms with Crippen LogP contribution >= 0.6 is 0 Å². The third-order valence-corrected chi connectivity index (χ3v) is 6.67. The number of aliphatic hydroxyl groups excluding tert-OH is 1. The van der Waals surface area contributed by atoms with Crippen LogP contribution in [-0.2, 0) is 0 Å². The van der Waals surface area contributed by atoms with Gasteiger partial charge in [-0.1, -0.05) is 105 Å². The average Bonchev–Trinajstić information content (AvgIpc) is 2.89. The molecule has 34 heavy (non-hydrogen) atoms. The maximum Gasteiger partial charge on any atom is 0.194 e. The Labute approximate surface area is 199 Å². The third kappa shape index (κ3) is 3.92. The van der Waals surface area contributed by atoms with Gasteiger partial charge in [-0.05, 0) is 23.4 Å². The van der Waals surface area contributed by atoms with Gasteiger partial charge in [-0.15, -0.1) is 0 Å². The Morgan fingerprint density at radius 2 is 1.44 bits per heavy atom. The van der Waals surface area contributed by atoms with Crippen LogP contribution in [0.5, 0.6) is 0 Å². The highest BCUT2D eigenvalue weighted by atomic mass is 16.3. The summed E-state index contributed by atoms with van der Waals surface area (Å²) in [5, 5.41) is 16.1. The van der Waals surface area contributed by atoms with Crippen LogP contribution in [0.3, 0.4) is 0 Å². The van der Waals surface area contributed by atoms with E-state index in [-0.39, 0.29) is 11.2 Å². The van der Waals surface area contributed by atoms with E-state index in [0.717, 1.165) is 45.7 Å². The molecule has 0 unspecified atom stereocenters. The molecule has 3 nitrogen and oxygen atoms in total. The van der Waals surface area contributed by atoms with Gasteiger partial charge in [0.2, 0.25) is 0 Å². The van der Waals surface area contributed by atoms with Crippen LogP contribution < -0.4 is 16.0 Å². The summed E-state index contributed by atoms with van der Waals surface area (Å²) in [4.78, 5) is 18.3. The van der Waals surface area contributed by atoms with Gasteiger partial charge in [-0.2, -0.15) is 0 Å². The van der Waals surface area contributed by atoms with Crippen molar-refractivity contribution < 1.29 is 5.11 Å².